The van der Waals surface area contributed by atoms with Gasteiger partial charge in [0.05, 0.1) is 0 Å². The lowest BCUT2D eigenvalue weighted by Crippen LogP contribution is -2.57. The Labute approximate surface area is 145 Å². The zero-order valence-corrected chi connectivity index (χ0v) is 13.6. The van der Waals surface area contributed by atoms with Gasteiger partial charge in [-0.2, -0.15) is 0 Å². The maximum Gasteiger partial charge on any atom is 0.329 e. The number of aliphatic carboxylic acids is 1. The number of hydrogen-bond donors (Lipinski definition) is 2. The van der Waals surface area contributed by atoms with E-state index in [1.54, 1.807) is 24.3 Å². The molecule has 6 heteroatoms. The van der Waals surface area contributed by atoms with Crippen LogP contribution >= 0.6 is 0 Å². The number of carboxylic acid groups (broad SMARTS) is 1. The van der Waals surface area contributed by atoms with Crippen LogP contribution < -0.4 is 10.1 Å². The van der Waals surface area contributed by atoms with Crippen LogP contribution in [0.1, 0.15) is 23.2 Å². The molecule has 1 amide bonds. The molecule has 0 spiro atoms. The van der Waals surface area contributed by atoms with Gasteiger partial charge in [-0.3, -0.25) is 4.79 Å². The van der Waals surface area contributed by atoms with E-state index in [1.807, 2.05) is 30.3 Å². The highest BCUT2D eigenvalue weighted by atomic mass is 16.5. The van der Waals surface area contributed by atoms with Gasteiger partial charge in [-0.1, -0.05) is 24.3 Å². The fourth-order valence-electron chi connectivity index (χ4n) is 2.73. The van der Waals surface area contributed by atoms with E-state index in [1.165, 1.54) is 0 Å². The highest BCUT2D eigenvalue weighted by Crippen LogP contribution is 2.24. The molecule has 0 atom stereocenters. The molecule has 6 nitrogen and oxygen atoms in total. The molecular formula is C19H19NO5. The first kappa shape index (κ1) is 17.0. The monoisotopic (exact) mass is 341 g/mol. The number of amides is 1. The van der Waals surface area contributed by atoms with Crippen LogP contribution in [0.2, 0.25) is 0 Å². The summed E-state index contributed by atoms with van der Waals surface area (Å²) in [5.41, 5.74) is -0.938. The SMILES string of the molecule is O=C(NC1(C(=O)O)CCOCC1)c1cccc(Oc2ccccc2)c1. The molecule has 2 aromatic carbocycles. The van der Waals surface area contributed by atoms with E-state index in [0.717, 1.165) is 0 Å². The van der Waals surface area contributed by atoms with Gasteiger partial charge in [0.25, 0.3) is 5.91 Å². The van der Waals surface area contributed by atoms with Gasteiger partial charge < -0.3 is 19.9 Å². The van der Waals surface area contributed by atoms with Crippen molar-refractivity contribution in [1.29, 1.82) is 0 Å². The van der Waals surface area contributed by atoms with Crippen LogP contribution in [-0.4, -0.2) is 35.7 Å². The topological polar surface area (TPSA) is 84.9 Å². The Kier molecular flexibility index (Phi) is 5.00. The van der Waals surface area contributed by atoms with Gasteiger partial charge in [0, 0.05) is 31.6 Å². The number of ether oxygens (including phenoxy) is 2. The number of benzene rings is 2. The van der Waals surface area contributed by atoms with Gasteiger partial charge in [-0.15, -0.1) is 0 Å². The Bertz CT molecular complexity index is 753. The maximum atomic E-state index is 12.6. The average molecular weight is 341 g/mol. The first-order valence-corrected chi connectivity index (χ1v) is 8.06. The first-order valence-electron chi connectivity index (χ1n) is 8.06. The molecule has 2 N–H and O–H groups in total. The predicted molar refractivity (Wildman–Crippen MR) is 90.8 cm³/mol. The number of nitrogens with one attached hydrogen (secondary N) is 1. The van der Waals surface area contributed by atoms with E-state index < -0.39 is 17.4 Å². The van der Waals surface area contributed by atoms with Gasteiger partial charge in [-0.05, 0) is 30.3 Å². The van der Waals surface area contributed by atoms with E-state index in [2.05, 4.69) is 5.32 Å². The van der Waals surface area contributed by atoms with E-state index >= 15 is 0 Å². The summed E-state index contributed by atoms with van der Waals surface area (Å²) in [4.78, 5) is 24.2. The summed E-state index contributed by atoms with van der Waals surface area (Å²) < 4.78 is 10.9. The van der Waals surface area contributed by atoms with Crippen molar-refractivity contribution in [1.82, 2.24) is 5.32 Å². The standard InChI is InChI=1S/C19H19NO5/c21-17(20-19(18(22)23)9-11-24-12-10-19)14-5-4-8-16(13-14)25-15-6-2-1-3-7-15/h1-8,13H,9-12H2,(H,20,21)(H,22,23). The Morgan fingerprint density at radius 1 is 1.00 bits per heavy atom. The van der Waals surface area contributed by atoms with E-state index in [-0.39, 0.29) is 12.8 Å². The normalized spacial score (nSPS) is 16.0. The minimum absolute atomic E-state index is 0.244. The summed E-state index contributed by atoms with van der Waals surface area (Å²) in [5.74, 6) is -0.314. The number of hydrogen-bond acceptors (Lipinski definition) is 4. The summed E-state index contributed by atoms with van der Waals surface area (Å²) >= 11 is 0. The molecule has 0 saturated carbocycles. The third-order valence-corrected chi connectivity index (χ3v) is 4.18. The lowest BCUT2D eigenvalue weighted by molar-refractivity contribution is -0.148. The molecule has 1 aliphatic heterocycles. The summed E-state index contributed by atoms with van der Waals surface area (Å²) in [6, 6.07) is 15.9. The fraction of sp³-hybridized carbons (Fsp3) is 0.263. The van der Waals surface area contributed by atoms with Crippen LogP contribution in [0, 0.1) is 0 Å². The third kappa shape index (κ3) is 3.97. The largest absolute Gasteiger partial charge is 0.480 e. The van der Waals surface area contributed by atoms with Crippen molar-refractivity contribution >= 4 is 11.9 Å². The Morgan fingerprint density at radius 2 is 1.68 bits per heavy atom. The Hall–Kier alpha value is -2.86. The van der Waals surface area contributed by atoms with Gasteiger partial charge in [0.2, 0.25) is 0 Å². The molecule has 3 rings (SSSR count). The van der Waals surface area contributed by atoms with Gasteiger partial charge in [0.1, 0.15) is 17.0 Å². The smallest absolute Gasteiger partial charge is 0.329 e. The second-order valence-corrected chi connectivity index (χ2v) is 5.90. The molecule has 2 aromatic rings. The van der Waals surface area contributed by atoms with Gasteiger partial charge in [-0.25, -0.2) is 4.79 Å². The van der Waals surface area contributed by atoms with Crippen LogP contribution in [0.4, 0.5) is 0 Å². The maximum absolute atomic E-state index is 12.6. The zero-order chi connectivity index (χ0) is 17.7. The average Bonchev–Trinajstić information content (AvgIpc) is 2.63. The molecule has 0 bridgehead atoms. The number of carboxylic acids is 1. The van der Waals surface area contributed by atoms with Crippen molar-refractivity contribution < 1.29 is 24.2 Å². The van der Waals surface area contributed by atoms with E-state index in [9.17, 15) is 14.7 Å². The van der Waals surface area contributed by atoms with Crippen LogP contribution in [0.5, 0.6) is 11.5 Å². The molecule has 1 saturated heterocycles. The molecule has 1 heterocycles. The first-order chi connectivity index (χ1) is 12.1. The van der Waals surface area contributed by atoms with E-state index in [0.29, 0.717) is 30.3 Å². The summed E-state index contributed by atoms with van der Waals surface area (Å²) in [6.45, 7) is 0.619. The predicted octanol–water partition coefficient (Wildman–Crippen LogP) is 2.84. The van der Waals surface area contributed by atoms with Crippen molar-refractivity contribution in [3.8, 4) is 11.5 Å². The molecule has 1 aliphatic rings. The number of carbonyl (C=O) groups excluding carboxylic acids is 1. The summed E-state index contributed by atoms with van der Waals surface area (Å²) in [6.07, 6.45) is 0.489. The van der Waals surface area contributed by atoms with E-state index in [4.69, 9.17) is 9.47 Å². The second kappa shape index (κ2) is 7.36. The number of carbonyl (C=O) groups is 2. The van der Waals surface area contributed by atoms with Crippen LogP contribution in [0.15, 0.2) is 54.6 Å². The van der Waals surface area contributed by atoms with Crippen LogP contribution in [-0.2, 0) is 9.53 Å². The minimum atomic E-state index is -1.29. The van der Waals surface area contributed by atoms with Crippen molar-refractivity contribution in [2.24, 2.45) is 0 Å². The summed E-state index contributed by atoms with van der Waals surface area (Å²) in [5, 5.41) is 12.2. The number of rotatable bonds is 5. The molecular weight excluding hydrogens is 322 g/mol. The van der Waals surface area contributed by atoms with Crippen molar-refractivity contribution in [3.05, 3.63) is 60.2 Å². The van der Waals surface area contributed by atoms with Crippen molar-refractivity contribution in [3.63, 3.8) is 0 Å². The lowest BCUT2D eigenvalue weighted by Gasteiger charge is -2.33. The third-order valence-electron chi connectivity index (χ3n) is 4.18. The summed E-state index contributed by atoms with van der Waals surface area (Å²) in [7, 11) is 0. The molecule has 0 aromatic heterocycles. The molecule has 25 heavy (non-hydrogen) atoms. The van der Waals surface area contributed by atoms with Gasteiger partial charge >= 0.3 is 5.97 Å². The molecule has 0 aliphatic carbocycles. The highest BCUT2D eigenvalue weighted by Gasteiger charge is 2.41. The minimum Gasteiger partial charge on any atom is -0.480 e. The fourth-order valence-corrected chi connectivity index (χ4v) is 2.73. The Morgan fingerprint density at radius 3 is 2.36 bits per heavy atom. The zero-order valence-electron chi connectivity index (χ0n) is 13.6. The molecule has 130 valence electrons. The van der Waals surface area contributed by atoms with Crippen LogP contribution in [0.3, 0.4) is 0 Å². The molecule has 0 unspecified atom stereocenters. The van der Waals surface area contributed by atoms with Gasteiger partial charge in [0.15, 0.2) is 0 Å². The lowest BCUT2D eigenvalue weighted by atomic mass is 9.89. The molecule has 0 radical (unpaired) electrons. The number of para-hydroxylation sites is 1. The molecule has 1 fully saturated rings. The van der Waals surface area contributed by atoms with Crippen molar-refractivity contribution in [2.45, 2.75) is 18.4 Å². The quantitative estimate of drug-likeness (QED) is 0.873. The highest BCUT2D eigenvalue weighted by molar-refractivity contribution is 5.98. The Balaban J connectivity index is 1.76. The van der Waals surface area contributed by atoms with Crippen molar-refractivity contribution in [2.75, 3.05) is 13.2 Å². The van der Waals surface area contributed by atoms with Crippen LogP contribution in [0.25, 0.3) is 0 Å². The second-order valence-electron chi connectivity index (χ2n) is 5.90.